The number of nitrogens with zero attached hydrogens (tertiary/aromatic N) is 3. The van der Waals surface area contributed by atoms with Gasteiger partial charge in [-0.1, -0.05) is 6.42 Å². The van der Waals surface area contributed by atoms with Gasteiger partial charge in [0.25, 0.3) is 5.56 Å². The molecule has 174 valence electrons. The first kappa shape index (κ1) is 21.6. The van der Waals surface area contributed by atoms with Gasteiger partial charge in [-0.05, 0) is 57.8 Å². The maximum Gasteiger partial charge on any atom is 0.254 e. The molecule has 4 aliphatic rings. The molecule has 2 amide bonds. The minimum atomic E-state index is -0.202. The van der Waals surface area contributed by atoms with Crippen LogP contribution in [0.4, 0.5) is 0 Å². The highest BCUT2D eigenvalue weighted by molar-refractivity contribution is 5.81. The maximum absolute atomic E-state index is 13.5. The first-order valence-electron chi connectivity index (χ1n) is 12.3. The van der Waals surface area contributed by atoms with E-state index in [0.29, 0.717) is 43.1 Å². The van der Waals surface area contributed by atoms with Gasteiger partial charge in [-0.25, -0.2) is 4.98 Å². The van der Waals surface area contributed by atoms with Crippen molar-refractivity contribution in [2.24, 2.45) is 11.8 Å². The summed E-state index contributed by atoms with van der Waals surface area (Å²) in [6.45, 7) is 1.69. The van der Waals surface area contributed by atoms with Crippen molar-refractivity contribution in [3.8, 4) is 0 Å². The molecule has 0 spiro atoms. The molecular weight excluding hydrogens is 408 g/mol. The van der Waals surface area contributed by atoms with Gasteiger partial charge in [0.2, 0.25) is 11.8 Å². The van der Waals surface area contributed by atoms with Gasteiger partial charge in [-0.2, -0.15) is 0 Å². The number of aromatic amines is 1. The molecule has 1 aromatic heterocycles. The molecule has 3 heterocycles. The smallest absolute Gasteiger partial charge is 0.254 e. The maximum atomic E-state index is 13.5. The van der Waals surface area contributed by atoms with Crippen molar-refractivity contribution in [2.45, 2.75) is 82.9 Å². The molecule has 3 atom stereocenters. The summed E-state index contributed by atoms with van der Waals surface area (Å²) >= 11 is 0. The number of carbonyl (C=O) groups excluding carboxylic acids is 2. The number of aromatic nitrogens is 2. The average Bonchev–Trinajstić information content (AvgIpc) is 3.68. The fourth-order valence-corrected chi connectivity index (χ4v) is 5.69. The number of hydrogen-bond donors (Lipinski definition) is 1. The monoisotopic (exact) mass is 442 g/mol. The van der Waals surface area contributed by atoms with Gasteiger partial charge in [0.1, 0.15) is 5.82 Å². The largest absolute Gasteiger partial charge is 0.381 e. The Bertz CT molecular complexity index is 940. The van der Waals surface area contributed by atoms with E-state index in [-0.39, 0.29) is 41.4 Å². The number of methoxy groups -OCH3 is 1. The van der Waals surface area contributed by atoms with Crippen LogP contribution in [0, 0.1) is 11.8 Å². The molecule has 0 unspecified atom stereocenters. The summed E-state index contributed by atoms with van der Waals surface area (Å²) in [5.74, 6) is 1.09. The fourth-order valence-electron chi connectivity index (χ4n) is 5.69. The lowest BCUT2D eigenvalue weighted by molar-refractivity contribution is -0.142. The van der Waals surface area contributed by atoms with Gasteiger partial charge in [-0.15, -0.1) is 0 Å². The van der Waals surface area contributed by atoms with Crippen molar-refractivity contribution >= 4 is 11.8 Å². The number of piperidine rings is 1. The van der Waals surface area contributed by atoms with Crippen molar-refractivity contribution < 1.29 is 14.3 Å². The lowest BCUT2D eigenvalue weighted by atomic mass is 9.85. The van der Waals surface area contributed by atoms with Crippen molar-refractivity contribution in [3.63, 3.8) is 0 Å². The summed E-state index contributed by atoms with van der Waals surface area (Å²) in [7, 11) is 1.72. The highest BCUT2D eigenvalue weighted by atomic mass is 16.5. The molecule has 0 aromatic carbocycles. The van der Waals surface area contributed by atoms with Crippen LogP contribution in [0.1, 0.15) is 80.9 Å². The van der Waals surface area contributed by atoms with Crippen LogP contribution in [0.5, 0.6) is 0 Å². The van der Waals surface area contributed by atoms with Crippen molar-refractivity contribution in [3.05, 3.63) is 27.4 Å². The zero-order chi connectivity index (χ0) is 22.2. The second-order valence-corrected chi connectivity index (χ2v) is 9.92. The van der Waals surface area contributed by atoms with Crippen LogP contribution in [-0.2, 0) is 27.3 Å². The molecule has 0 bridgehead atoms. The zero-order valence-electron chi connectivity index (χ0n) is 19.0. The summed E-state index contributed by atoms with van der Waals surface area (Å²) < 4.78 is 5.54. The Kier molecular flexibility index (Phi) is 6.05. The van der Waals surface area contributed by atoms with Gasteiger partial charge in [0.15, 0.2) is 0 Å². The van der Waals surface area contributed by atoms with Gasteiger partial charge in [0, 0.05) is 37.6 Å². The third-order valence-corrected chi connectivity index (χ3v) is 7.74. The van der Waals surface area contributed by atoms with Crippen molar-refractivity contribution in [1.29, 1.82) is 0 Å². The number of likely N-dealkylation sites (tertiary alicyclic amines) is 1. The third kappa shape index (κ3) is 4.21. The van der Waals surface area contributed by atoms with Crippen LogP contribution in [0.3, 0.4) is 0 Å². The van der Waals surface area contributed by atoms with E-state index in [0.717, 1.165) is 57.8 Å². The fraction of sp³-hybridized carbons (Fsp3) is 0.750. The van der Waals surface area contributed by atoms with Crippen LogP contribution in [0.25, 0.3) is 0 Å². The third-order valence-electron chi connectivity index (χ3n) is 7.74. The molecule has 1 aromatic rings. The highest BCUT2D eigenvalue weighted by Crippen LogP contribution is 2.35. The summed E-state index contributed by atoms with van der Waals surface area (Å²) in [4.78, 5) is 50.6. The predicted octanol–water partition coefficient (Wildman–Crippen LogP) is 2.32. The Morgan fingerprint density at radius 1 is 1.00 bits per heavy atom. The number of carbonyl (C=O) groups is 2. The second kappa shape index (κ2) is 8.96. The minimum absolute atomic E-state index is 0.0229. The molecule has 8 nitrogen and oxygen atoms in total. The lowest BCUT2D eigenvalue weighted by Crippen LogP contribution is -2.45. The molecule has 2 aliphatic carbocycles. The molecule has 2 aliphatic heterocycles. The van der Waals surface area contributed by atoms with Crippen LogP contribution >= 0.6 is 0 Å². The number of fused-ring (bicyclic) bond motifs is 1. The molecule has 0 radical (unpaired) electrons. The number of ether oxygens (including phenoxy) is 1. The Labute approximate surface area is 188 Å². The van der Waals surface area contributed by atoms with E-state index in [1.807, 2.05) is 9.80 Å². The van der Waals surface area contributed by atoms with Crippen molar-refractivity contribution in [2.75, 3.05) is 20.2 Å². The van der Waals surface area contributed by atoms with E-state index in [1.165, 1.54) is 0 Å². The standard InChI is InChI=1S/C24H34N4O4/c1-32-17-6-4-5-16(13-17)24(31)28-11-3-2-7-20(28)21-25-19-14-27(23(30)15-8-9-15)12-10-18(19)22(29)26-21/h15-17,20H,2-14H2,1H3,(H,25,26,29)/t16-,17-,20+/m1/s1. The predicted molar refractivity (Wildman–Crippen MR) is 118 cm³/mol. The molecule has 2 saturated carbocycles. The SMILES string of the molecule is CO[C@@H]1CCC[C@@H](C(=O)N2CCCC[C@H]2c2nc3c(c(=O)[nH]2)CCN(C(=O)C2CC2)C3)C1. The average molecular weight is 443 g/mol. The highest BCUT2D eigenvalue weighted by Gasteiger charge is 2.38. The molecule has 1 N–H and O–H groups in total. The summed E-state index contributed by atoms with van der Waals surface area (Å²) in [6.07, 6.45) is 9.11. The molecular formula is C24H34N4O4. The Balaban J connectivity index is 1.38. The first-order valence-corrected chi connectivity index (χ1v) is 12.3. The summed E-state index contributed by atoms with van der Waals surface area (Å²) in [5, 5.41) is 0. The van der Waals surface area contributed by atoms with Gasteiger partial charge >= 0.3 is 0 Å². The number of hydrogen-bond acceptors (Lipinski definition) is 5. The Hall–Kier alpha value is -2.22. The molecule has 32 heavy (non-hydrogen) atoms. The van der Waals surface area contributed by atoms with Crippen LogP contribution in [-0.4, -0.2) is 57.9 Å². The Morgan fingerprint density at radius 2 is 1.84 bits per heavy atom. The normalized spacial score (nSPS) is 28.3. The minimum Gasteiger partial charge on any atom is -0.381 e. The van der Waals surface area contributed by atoms with Gasteiger partial charge in [0.05, 0.1) is 24.4 Å². The molecule has 3 fully saturated rings. The number of H-pyrrole nitrogens is 1. The number of nitrogens with one attached hydrogen (secondary N) is 1. The van der Waals surface area contributed by atoms with Gasteiger partial charge < -0.3 is 19.5 Å². The van der Waals surface area contributed by atoms with Crippen molar-refractivity contribution in [1.82, 2.24) is 19.8 Å². The summed E-state index contributed by atoms with van der Waals surface area (Å²) in [5.41, 5.74) is 1.29. The van der Waals surface area contributed by atoms with Crippen LogP contribution in [0.15, 0.2) is 4.79 Å². The lowest BCUT2D eigenvalue weighted by Gasteiger charge is -2.39. The quantitative estimate of drug-likeness (QED) is 0.772. The summed E-state index contributed by atoms with van der Waals surface area (Å²) in [6, 6.07) is -0.202. The van der Waals surface area contributed by atoms with Crippen LogP contribution < -0.4 is 5.56 Å². The van der Waals surface area contributed by atoms with E-state index in [4.69, 9.17) is 9.72 Å². The van der Waals surface area contributed by atoms with E-state index in [1.54, 1.807) is 7.11 Å². The zero-order valence-corrected chi connectivity index (χ0v) is 19.0. The molecule has 1 saturated heterocycles. The first-order chi connectivity index (χ1) is 15.5. The second-order valence-electron chi connectivity index (χ2n) is 9.92. The van der Waals surface area contributed by atoms with Crippen LogP contribution in [0.2, 0.25) is 0 Å². The van der Waals surface area contributed by atoms with E-state index in [2.05, 4.69) is 4.98 Å². The molecule has 5 rings (SSSR count). The molecule has 8 heteroatoms. The Morgan fingerprint density at radius 3 is 2.62 bits per heavy atom. The van der Waals surface area contributed by atoms with E-state index < -0.39 is 0 Å². The topological polar surface area (TPSA) is 95.6 Å². The van der Waals surface area contributed by atoms with E-state index in [9.17, 15) is 14.4 Å². The van der Waals surface area contributed by atoms with E-state index >= 15 is 0 Å². The van der Waals surface area contributed by atoms with Gasteiger partial charge in [-0.3, -0.25) is 14.4 Å². The number of rotatable bonds is 4. The number of amides is 2.